The van der Waals surface area contributed by atoms with Crippen LogP contribution >= 0.6 is 0 Å². The maximum atomic E-state index is 5.70. The lowest BCUT2D eigenvalue weighted by molar-refractivity contribution is 0.0203. The Morgan fingerprint density at radius 3 is 2.86 bits per heavy atom. The Morgan fingerprint density at radius 2 is 2.36 bits per heavy atom. The molecular formula is C11H24N2O. The minimum Gasteiger partial charge on any atom is -0.374 e. The second kappa shape index (κ2) is 5.69. The van der Waals surface area contributed by atoms with Gasteiger partial charge in [-0.15, -0.1) is 0 Å². The Labute approximate surface area is 87.4 Å². The average molecular weight is 200 g/mol. The summed E-state index contributed by atoms with van der Waals surface area (Å²) in [6, 6.07) is 0. The highest BCUT2D eigenvalue weighted by molar-refractivity contribution is 4.82. The van der Waals surface area contributed by atoms with Gasteiger partial charge in [0.2, 0.25) is 0 Å². The van der Waals surface area contributed by atoms with Crippen molar-refractivity contribution in [1.29, 1.82) is 0 Å². The molecule has 0 radical (unpaired) electrons. The van der Waals surface area contributed by atoms with Crippen LogP contribution in [0.15, 0.2) is 0 Å². The highest BCUT2D eigenvalue weighted by Crippen LogP contribution is 2.23. The molecule has 1 rings (SSSR count). The fraction of sp³-hybridized carbons (Fsp3) is 1.00. The maximum absolute atomic E-state index is 5.70. The largest absolute Gasteiger partial charge is 0.374 e. The van der Waals surface area contributed by atoms with Crippen LogP contribution in [0.3, 0.4) is 0 Å². The van der Waals surface area contributed by atoms with Gasteiger partial charge in [0.25, 0.3) is 0 Å². The monoisotopic (exact) mass is 200 g/mol. The number of ether oxygens (including phenoxy) is 1. The fourth-order valence-corrected chi connectivity index (χ4v) is 1.91. The topological polar surface area (TPSA) is 47.3 Å². The summed E-state index contributed by atoms with van der Waals surface area (Å²) in [4.78, 5) is 0. The molecule has 14 heavy (non-hydrogen) atoms. The summed E-state index contributed by atoms with van der Waals surface area (Å²) in [6.45, 7) is 8.06. The van der Waals surface area contributed by atoms with Crippen molar-refractivity contribution in [1.82, 2.24) is 5.32 Å². The molecule has 3 nitrogen and oxygen atoms in total. The van der Waals surface area contributed by atoms with Crippen LogP contribution in [0, 0.1) is 5.92 Å². The average Bonchev–Trinajstić information content (AvgIpc) is 2.60. The van der Waals surface area contributed by atoms with Gasteiger partial charge in [0.1, 0.15) is 0 Å². The first-order chi connectivity index (χ1) is 6.70. The van der Waals surface area contributed by atoms with Crippen LogP contribution in [0.1, 0.15) is 33.1 Å². The Hall–Kier alpha value is -0.120. The zero-order valence-electron chi connectivity index (χ0n) is 9.51. The first-order valence-electron chi connectivity index (χ1n) is 5.75. The van der Waals surface area contributed by atoms with Gasteiger partial charge in [-0.25, -0.2) is 0 Å². The van der Waals surface area contributed by atoms with Gasteiger partial charge >= 0.3 is 0 Å². The van der Waals surface area contributed by atoms with Crippen LogP contribution in [-0.4, -0.2) is 31.8 Å². The summed E-state index contributed by atoms with van der Waals surface area (Å²) in [7, 11) is 0. The zero-order valence-corrected chi connectivity index (χ0v) is 9.51. The predicted molar refractivity (Wildman–Crippen MR) is 59.3 cm³/mol. The molecule has 1 saturated heterocycles. The third-order valence-corrected chi connectivity index (χ3v) is 3.14. The Bertz CT molecular complexity index is 151. The summed E-state index contributed by atoms with van der Waals surface area (Å²) >= 11 is 0. The lowest BCUT2D eigenvalue weighted by Gasteiger charge is -2.24. The number of hydrogen-bond donors (Lipinski definition) is 2. The normalized spacial score (nSPS) is 29.4. The molecular weight excluding hydrogens is 176 g/mol. The van der Waals surface area contributed by atoms with Gasteiger partial charge in [0, 0.05) is 13.2 Å². The molecule has 0 saturated carbocycles. The van der Waals surface area contributed by atoms with Crippen molar-refractivity contribution in [2.24, 2.45) is 11.7 Å². The number of nitrogens with one attached hydrogen (secondary N) is 1. The van der Waals surface area contributed by atoms with Gasteiger partial charge in [-0.3, -0.25) is 0 Å². The van der Waals surface area contributed by atoms with Gasteiger partial charge in [-0.05, 0) is 38.8 Å². The first kappa shape index (κ1) is 12.0. The summed E-state index contributed by atoms with van der Waals surface area (Å²) in [5.74, 6) is 0.611. The zero-order chi connectivity index (χ0) is 10.4. The molecule has 1 fully saturated rings. The molecule has 0 aromatic carbocycles. The van der Waals surface area contributed by atoms with Crippen LogP contribution in [0.5, 0.6) is 0 Å². The van der Waals surface area contributed by atoms with Crippen LogP contribution < -0.4 is 11.1 Å². The van der Waals surface area contributed by atoms with Crippen LogP contribution in [0.25, 0.3) is 0 Å². The molecule has 0 aromatic rings. The van der Waals surface area contributed by atoms with Crippen molar-refractivity contribution in [2.75, 3.05) is 26.2 Å². The van der Waals surface area contributed by atoms with Crippen molar-refractivity contribution < 1.29 is 4.74 Å². The molecule has 0 aromatic heterocycles. The molecule has 2 atom stereocenters. The van der Waals surface area contributed by atoms with Gasteiger partial charge in [0.15, 0.2) is 0 Å². The van der Waals surface area contributed by atoms with E-state index >= 15 is 0 Å². The van der Waals surface area contributed by atoms with E-state index in [0.717, 1.165) is 32.7 Å². The van der Waals surface area contributed by atoms with E-state index in [0.29, 0.717) is 5.92 Å². The van der Waals surface area contributed by atoms with E-state index in [-0.39, 0.29) is 5.60 Å². The summed E-state index contributed by atoms with van der Waals surface area (Å²) < 4.78 is 5.70. The SMILES string of the molecule is CCC(CN)CNCC1(C)CCCO1. The van der Waals surface area contributed by atoms with Crippen LogP contribution in [0.2, 0.25) is 0 Å². The first-order valence-corrected chi connectivity index (χ1v) is 5.75. The Morgan fingerprint density at radius 1 is 1.57 bits per heavy atom. The summed E-state index contributed by atoms with van der Waals surface area (Å²) in [5, 5.41) is 3.46. The van der Waals surface area contributed by atoms with Crippen molar-refractivity contribution in [2.45, 2.75) is 38.7 Å². The number of rotatable bonds is 6. The Balaban J connectivity index is 2.13. The minimum absolute atomic E-state index is 0.0763. The fourth-order valence-electron chi connectivity index (χ4n) is 1.91. The summed E-state index contributed by atoms with van der Waals surface area (Å²) in [5.41, 5.74) is 5.72. The second-order valence-electron chi connectivity index (χ2n) is 4.54. The smallest absolute Gasteiger partial charge is 0.0779 e. The lowest BCUT2D eigenvalue weighted by Crippen LogP contribution is -2.40. The maximum Gasteiger partial charge on any atom is 0.0779 e. The Kier molecular flexibility index (Phi) is 4.85. The molecule has 84 valence electrons. The van der Waals surface area contributed by atoms with Crippen molar-refractivity contribution in [3.63, 3.8) is 0 Å². The molecule has 2 unspecified atom stereocenters. The summed E-state index contributed by atoms with van der Waals surface area (Å²) in [6.07, 6.45) is 3.53. The van der Waals surface area contributed by atoms with Crippen molar-refractivity contribution >= 4 is 0 Å². The molecule has 0 bridgehead atoms. The molecule has 3 N–H and O–H groups in total. The standard InChI is InChI=1S/C11H24N2O/c1-3-10(7-12)8-13-9-11(2)5-4-6-14-11/h10,13H,3-9,12H2,1-2H3. The van der Waals surface area contributed by atoms with Crippen molar-refractivity contribution in [3.05, 3.63) is 0 Å². The second-order valence-corrected chi connectivity index (χ2v) is 4.54. The highest BCUT2D eigenvalue weighted by Gasteiger charge is 2.29. The van der Waals surface area contributed by atoms with Gasteiger partial charge in [-0.2, -0.15) is 0 Å². The molecule has 1 heterocycles. The van der Waals surface area contributed by atoms with Gasteiger partial charge in [-0.1, -0.05) is 13.3 Å². The predicted octanol–water partition coefficient (Wildman–Crippen LogP) is 1.13. The number of hydrogen-bond acceptors (Lipinski definition) is 3. The third-order valence-electron chi connectivity index (χ3n) is 3.14. The molecule has 0 aliphatic carbocycles. The highest BCUT2D eigenvalue weighted by atomic mass is 16.5. The molecule has 0 spiro atoms. The quantitative estimate of drug-likeness (QED) is 0.675. The van der Waals surface area contributed by atoms with E-state index in [1.54, 1.807) is 0 Å². The molecule has 1 aliphatic heterocycles. The van der Waals surface area contributed by atoms with Crippen LogP contribution in [0.4, 0.5) is 0 Å². The van der Waals surface area contributed by atoms with Crippen LogP contribution in [-0.2, 0) is 4.74 Å². The lowest BCUT2D eigenvalue weighted by atomic mass is 10.0. The van der Waals surface area contributed by atoms with Gasteiger partial charge in [0.05, 0.1) is 5.60 Å². The van der Waals surface area contributed by atoms with E-state index in [1.807, 2.05) is 0 Å². The van der Waals surface area contributed by atoms with Gasteiger partial charge < -0.3 is 15.8 Å². The van der Waals surface area contributed by atoms with E-state index in [2.05, 4.69) is 19.2 Å². The molecule has 0 amide bonds. The van der Waals surface area contributed by atoms with E-state index in [4.69, 9.17) is 10.5 Å². The molecule has 1 aliphatic rings. The van der Waals surface area contributed by atoms with E-state index in [9.17, 15) is 0 Å². The molecule has 3 heteroatoms. The van der Waals surface area contributed by atoms with E-state index in [1.165, 1.54) is 12.8 Å². The third kappa shape index (κ3) is 3.56. The number of nitrogens with two attached hydrogens (primary N) is 1. The van der Waals surface area contributed by atoms with E-state index < -0.39 is 0 Å². The van der Waals surface area contributed by atoms with Crippen molar-refractivity contribution in [3.8, 4) is 0 Å². The minimum atomic E-state index is 0.0763.